The maximum absolute atomic E-state index is 5.12. The van der Waals surface area contributed by atoms with Gasteiger partial charge in [-0.2, -0.15) is 0 Å². The molecule has 1 spiro atoms. The number of aliphatic imine (C=N–C) groups is 1. The minimum atomic E-state index is 0.384. The zero-order valence-corrected chi connectivity index (χ0v) is 14.0. The van der Waals surface area contributed by atoms with Crippen molar-refractivity contribution in [3.05, 3.63) is 0 Å². The van der Waals surface area contributed by atoms with Gasteiger partial charge in [-0.05, 0) is 37.5 Å². The molecule has 3 rings (SSSR count). The molecule has 3 aliphatic rings. The van der Waals surface area contributed by atoms with Crippen molar-refractivity contribution in [3.8, 4) is 0 Å². The van der Waals surface area contributed by atoms with Crippen LogP contribution in [0.25, 0.3) is 0 Å². The summed E-state index contributed by atoms with van der Waals surface area (Å²) in [7, 11) is 0. The van der Waals surface area contributed by atoms with Gasteiger partial charge in [0.05, 0.1) is 6.04 Å². The third kappa shape index (κ3) is 3.35. The largest absolute Gasteiger partial charge is 0.359 e. The van der Waals surface area contributed by atoms with Crippen LogP contribution in [-0.2, 0) is 0 Å². The number of hydrogen-bond donors (Lipinski definition) is 1. The molecular formula is C17H30N2S. The lowest BCUT2D eigenvalue weighted by molar-refractivity contribution is 0.242. The summed E-state index contributed by atoms with van der Waals surface area (Å²) in [5, 5.41) is 5.10. The van der Waals surface area contributed by atoms with Gasteiger partial charge in [0.2, 0.25) is 0 Å². The summed E-state index contributed by atoms with van der Waals surface area (Å²) in [5.74, 6) is 2.90. The fraction of sp³-hybridized carbons (Fsp3) is 0.941. The Labute approximate surface area is 128 Å². The molecule has 4 atom stereocenters. The van der Waals surface area contributed by atoms with Gasteiger partial charge in [0.1, 0.15) is 0 Å². The van der Waals surface area contributed by atoms with Crippen LogP contribution >= 0.6 is 11.8 Å². The van der Waals surface area contributed by atoms with Crippen molar-refractivity contribution >= 4 is 16.9 Å². The van der Waals surface area contributed by atoms with Gasteiger partial charge in [-0.25, -0.2) is 0 Å². The Morgan fingerprint density at radius 2 is 1.95 bits per heavy atom. The first-order valence-corrected chi connectivity index (χ1v) is 9.64. The Morgan fingerprint density at radius 1 is 1.10 bits per heavy atom. The van der Waals surface area contributed by atoms with Gasteiger partial charge >= 0.3 is 0 Å². The van der Waals surface area contributed by atoms with E-state index in [1.54, 1.807) is 0 Å². The lowest BCUT2D eigenvalue weighted by atomic mass is 9.78. The number of nitrogens with one attached hydrogen (secondary N) is 1. The van der Waals surface area contributed by atoms with Gasteiger partial charge in [-0.3, -0.25) is 4.99 Å². The van der Waals surface area contributed by atoms with Crippen LogP contribution in [0.4, 0.5) is 0 Å². The van der Waals surface area contributed by atoms with Crippen molar-refractivity contribution in [2.45, 2.75) is 83.2 Å². The highest BCUT2D eigenvalue weighted by atomic mass is 32.2. The highest BCUT2D eigenvalue weighted by molar-refractivity contribution is 8.14. The third-order valence-electron chi connectivity index (χ3n) is 5.55. The van der Waals surface area contributed by atoms with E-state index < -0.39 is 0 Å². The average Bonchev–Trinajstić information content (AvgIpc) is 2.66. The van der Waals surface area contributed by atoms with Gasteiger partial charge in [-0.1, -0.05) is 57.7 Å². The molecule has 1 heterocycles. The third-order valence-corrected chi connectivity index (χ3v) is 6.73. The van der Waals surface area contributed by atoms with E-state index in [0.717, 1.165) is 11.8 Å². The zero-order chi connectivity index (χ0) is 14.0. The van der Waals surface area contributed by atoms with E-state index in [2.05, 4.69) is 19.2 Å². The monoisotopic (exact) mass is 294 g/mol. The zero-order valence-electron chi connectivity index (χ0n) is 13.2. The van der Waals surface area contributed by atoms with E-state index in [-0.39, 0.29) is 0 Å². The summed E-state index contributed by atoms with van der Waals surface area (Å²) in [5.41, 5.74) is 0.384. The molecule has 1 N–H and O–H groups in total. The number of rotatable bonds is 1. The number of nitrogens with zero attached hydrogens (tertiary/aromatic N) is 1. The van der Waals surface area contributed by atoms with Crippen LogP contribution in [-0.4, -0.2) is 22.5 Å². The molecule has 4 unspecified atom stereocenters. The van der Waals surface area contributed by atoms with Crippen molar-refractivity contribution in [3.63, 3.8) is 0 Å². The molecule has 3 heteroatoms. The molecule has 1 saturated heterocycles. The summed E-state index contributed by atoms with van der Waals surface area (Å²) < 4.78 is 0. The highest BCUT2D eigenvalue weighted by Crippen LogP contribution is 2.39. The lowest BCUT2D eigenvalue weighted by Gasteiger charge is -2.36. The van der Waals surface area contributed by atoms with Crippen molar-refractivity contribution in [2.75, 3.05) is 5.75 Å². The predicted octanol–water partition coefficient (Wildman–Crippen LogP) is 4.60. The molecule has 20 heavy (non-hydrogen) atoms. The molecule has 0 aromatic heterocycles. The summed E-state index contributed by atoms with van der Waals surface area (Å²) in [6, 6.07) is 0.573. The van der Waals surface area contributed by atoms with Crippen molar-refractivity contribution < 1.29 is 0 Å². The first-order chi connectivity index (χ1) is 9.67. The van der Waals surface area contributed by atoms with E-state index in [0.29, 0.717) is 11.6 Å². The lowest BCUT2D eigenvalue weighted by Crippen LogP contribution is -2.47. The normalized spacial score (nSPS) is 44.5. The van der Waals surface area contributed by atoms with Gasteiger partial charge in [0.25, 0.3) is 0 Å². The summed E-state index contributed by atoms with van der Waals surface area (Å²) in [4.78, 5) is 5.12. The number of amidine groups is 1. The Hall–Kier alpha value is -0.180. The van der Waals surface area contributed by atoms with Gasteiger partial charge in [0, 0.05) is 11.3 Å². The molecule has 0 aromatic carbocycles. The van der Waals surface area contributed by atoms with Gasteiger partial charge in [-0.15, -0.1) is 0 Å². The van der Waals surface area contributed by atoms with Crippen LogP contribution in [0, 0.1) is 11.8 Å². The maximum atomic E-state index is 5.12. The molecule has 0 bridgehead atoms. The van der Waals surface area contributed by atoms with Gasteiger partial charge in [0.15, 0.2) is 5.17 Å². The van der Waals surface area contributed by atoms with Gasteiger partial charge < -0.3 is 5.32 Å². The molecule has 2 aliphatic carbocycles. The topological polar surface area (TPSA) is 24.4 Å². The quantitative estimate of drug-likeness (QED) is 0.715. The van der Waals surface area contributed by atoms with Crippen LogP contribution in [0.2, 0.25) is 0 Å². The number of hydrogen-bond acceptors (Lipinski definition) is 2. The first kappa shape index (κ1) is 14.7. The van der Waals surface area contributed by atoms with Crippen molar-refractivity contribution in [2.24, 2.45) is 16.8 Å². The van der Waals surface area contributed by atoms with E-state index in [1.807, 2.05) is 11.8 Å². The van der Waals surface area contributed by atoms with E-state index in [1.165, 1.54) is 68.7 Å². The predicted molar refractivity (Wildman–Crippen MR) is 89.4 cm³/mol. The molecular weight excluding hydrogens is 264 g/mol. The van der Waals surface area contributed by atoms with Crippen LogP contribution in [0.15, 0.2) is 4.99 Å². The summed E-state index contributed by atoms with van der Waals surface area (Å²) >= 11 is 1.99. The Balaban J connectivity index is 1.65. The second kappa shape index (κ2) is 6.29. The molecule has 114 valence electrons. The Morgan fingerprint density at radius 3 is 2.80 bits per heavy atom. The smallest absolute Gasteiger partial charge is 0.157 e. The van der Waals surface area contributed by atoms with Crippen LogP contribution in [0.1, 0.15) is 71.6 Å². The fourth-order valence-corrected chi connectivity index (χ4v) is 5.54. The molecule has 0 aromatic rings. The average molecular weight is 295 g/mol. The summed E-state index contributed by atoms with van der Waals surface area (Å²) in [6.45, 7) is 4.81. The summed E-state index contributed by atoms with van der Waals surface area (Å²) in [6.07, 6.45) is 12.4. The second-order valence-corrected chi connectivity index (χ2v) is 8.48. The van der Waals surface area contributed by atoms with E-state index in [9.17, 15) is 0 Å². The van der Waals surface area contributed by atoms with Crippen LogP contribution < -0.4 is 5.32 Å². The van der Waals surface area contributed by atoms with Crippen molar-refractivity contribution in [1.82, 2.24) is 5.32 Å². The number of thioether (sulfide) groups is 1. The molecule has 3 fully saturated rings. The van der Waals surface area contributed by atoms with Crippen LogP contribution in [0.3, 0.4) is 0 Å². The maximum Gasteiger partial charge on any atom is 0.157 e. The first-order valence-electron chi connectivity index (χ1n) is 8.66. The minimum Gasteiger partial charge on any atom is -0.359 e. The SMILES string of the molecule is CC1CCCC2(CSC(=NC3CCCCCC3C)N2)C1. The standard InChI is InChI=1S/C17H30N2S/c1-13-7-6-10-17(11-13)12-20-16(19-17)18-15-9-5-3-4-8-14(15)2/h13-15H,3-12H2,1-2H3,(H,18,19). The van der Waals surface area contributed by atoms with Crippen molar-refractivity contribution in [1.29, 1.82) is 0 Å². The molecule has 2 saturated carbocycles. The van der Waals surface area contributed by atoms with E-state index >= 15 is 0 Å². The molecule has 0 amide bonds. The second-order valence-electron chi connectivity index (χ2n) is 7.51. The van der Waals surface area contributed by atoms with Crippen LogP contribution in [0.5, 0.6) is 0 Å². The van der Waals surface area contributed by atoms with E-state index in [4.69, 9.17) is 4.99 Å². The fourth-order valence-electron chi connectivity index (χ4n) is 4.30. The molecule has 2 nitrogen and oxygen atoms in total. The highest BCUT2D eigenvalue weighted by Gasteiger charge is 2.40. The molecule has 0 radical (unpaired) electrons. The minimum absolute atomic E-state index is 0.384. The Kier molecular flexibility index (Phi) is 4.64. The Bertz CT molecular complexity index is 368. The molecule has 1 aliphatic heterocycles.